The maximum atomic E-state index is 10.9. The first kappa shape index (κ1) is 12.3. The van der Waals surface area contributed by atoms with E-state index in [1.165, 1.54) is 28.0 Å². The Morgan fingerprint density at radius 1 is 0.952 bits per heavy atom. The van der Waals surface area contributed by atoms with Gasteiger partial charge in [0, 0.05) is 12.1 Å². The molecule has 0 amide bonds. The minimum Gasteiger partial charge on any atom is -0.258 e. The SMILES string of the molecule is O=[N+]([O-])c1ccc2c(c1)CC=c1c-2ccc2c1=CCCC2. The lowest BCUT2D eigenvalue weighted by atomic mass is 9.86. The number of nitro groups is 1. The quantitative estimate of drug-likeness (QED) is 0.594. The van der Waals surface area contributed by atoms with E-state index in [0.29, 0.717) is 0 Å². The lowest BCUT2D eigenvalue weighted by molar-refractivity contribution is -0.384. The number of nitro benzene ring substituents is 1. The smallest absolute Gasteiger partial charge is 0.258 e. The van der Waals surface area contributed by atoms with E-state index in [0.717, 1.165) is 30.4 Å². The molecule has 2 aliphatic carbocycles. The monoisotopic (exact) mass is 277 g/mol. The third-order valence-corrected chi connectivity index (χ3v) is 4.49. The highest BCUT2D eigenvalue weighted by Crippen LogP contribution is 2.28. The van der Waals surface area contributed by atoms with Gasteiger partial charge in [0.2, 0.25) is 0 Å². The lowest BCUT2D eigenvalue weighted by Gasteiger charge is -2.17. The second kappa shape index (κ2) is 4.55. The van der Waals surface area contributed by atoms with Crippen molar-refractivity contribution < 1.29 is 4.92 Å². The van der Waals surface area contributed by atoms with Crippen LogP contribution >= 0.6 is 0 Å². The van der Waals surface area contributed by atoms with Gasteiger partial charge in [0.1, 0.15) is 0 Å². The molecule has 0 unspecified atom stereocenters. The molecule has 0 N–H and O–H groups in total. The molecule has 0 aromatic heterocycles. The third kappa shape index (κ3) is 1.88. The average molecular weight is 277 g/mol. The molecule has 0 saturated heterocycles. The average Bonchev–Trinajstić information content (AvgIpc) is 2.53. The molecule has 0 atom stereocenters. The Labute approximate surface area is 122 Å². The fourth-order valence-electron chi connectivity index (χ4n) is 3.47. The van der Waals surface area contributed by atoms with Crippen molar-refractivity contribution in [3.05, 3.63) is 62.0 Å². The van der Waals surface area contributed by atoms with E-state index in [2.05, 4.69) is 24.3 Å². The molecular formula is C18H15NO2. The van der Waals surface area contributed by atoms with Gasteiger partial charge in [0.05, 0.1) is 4.92 Å². The van der Waals surface area contributed by atoms with Crippen LogP contribution in [0.4, 0.5) is 5.69 Å². The summed E-state index contributed by atoms with van der Waals surface area (Å²) in [5.74, 6) is 0. The van der Waals surface area contributed by atoms with Crippen LogP contribution in [0.15, 0.2) is 30.3 Å². The number of non-ortho nitro benzene ring substituents is 1. The number of hydrogen-bond acceptors (Lipinski definition) is 2. The summed E-state index contributed by atoms with van der Waals surface area (Å²) >= 11 is 0. The Morgan fingerprint density at radius 2 is 1.81 bits per heavy atom. The largest absolute Gasteiger partial charge is 0.269 e. The molecule has 0 fully saturated rings. The molecule has 2 aromatic rings. The topological polar surface area (TPSA) is 43.1 Å². The summed E-state index contributed by atoms with van der Waals surface area (Å²) in [6.45, 7) is 0. The van der Waals surface area contributed by atoms with E-state index < -0.39 is 0 Å². The molecule has 0 aliphatic heterocycles. The van der Waals surface area contributed by atoms with Gasteiger partial charge in [-0.1, -0.05) is 24.3 Å². The first-order valence-corrected chi connectivity index (χ1v) is 7.34. The van der Waals surface area contributed by atoms with Crippen LogP contribution in [0.25, 0.3) is 23.3 Å². The Kier molecular flexibility index (Phi) is 2.67. The summed E-state index contributed by atoms with van der Waals surface area (Å²) in [7, 11) is 0. The normalized spacial score (nSPS) is 15.0. The van der Waals surface area contributed by atoms with Crippen molar-refractivity contribution in [3.63, 3.8) is 0 Å². The number of nitrogens with zero attached hydrogens (tertiary/aromatic N) is 1. The second-order valence-electron chi connectivity index (χ2n) is 5.70. The Morgan fingerprint density at radius 3 is 2.67 bits per heavy atom. The van der Waals surface area contributed by atoms with E-state index in [1.807, 2.05) is 6.07 Å². The standard InChI is InChI=1S/C18H15NO2/c20-19(21)14-7-10-16-13(11-14)6-9-17-15-4-2-1-3-12(15)5-8-18(16)17/h4-5,7-11H,1-3,6H2. The maximum Gasteiger partial charge on any atom is 0.269 e. The number of rotatable bonds is 1. The second-order valence-corrected chi connectivity index (χ2v) is 5.70. The Balaban J connectivity index is 1.97. The van der Waals surface area contributed by atoms with E-state index >= 15 is 0 Å². The zero-order chi connectivity index (χ0) is 14.4. The van der Waals surface area contributed by atoms with Crippen molar-refractivity contribution in [3.8, 4) is 11.1 Å². The molecular weight excluding hydrogens is 262 g/mol. The van der Waals surface area contributed by atoms with Crippen LogP contribution in [0.2, 0.25) is 0 Å². The molecule has 4 rings (SSSR count). The van der Waals surface area contributed by atoms with Crippen molar-refractivity contribution in [2.24, 2.45) is 0 Å². The van der Waals surface area contributed by atoms with Gasteiger partial charge in [0.15, 0.2) is 0 Å². The molecule has 21 heavy (non-hydrogen) atoms. The van der Waals surface area contributed by atoms with E-state index in [9.17, 15) is 10.1 Å². The Hall–Kier alpha value is -2.42. The van der Waals surface area contributed by atoms with E-state index in [4.69, 9.17) is 0 Å². The molecule has 3 heteroatoms. The Bertz CT molecular complexity index is 881. The lowest BCUT2D eigenvalue weighted by Crippen LogP contribution is -2.33. The number of hydrogen-bond donors (Lipinski definition) is 0. The molecule has 0 spiro atoms. The van der Waals surface area contributed by atoms with Gasteiger partial charge in [-0.15, -0.1) is 0 Å². The van der Waals surface area contributed by atoms with Gasteiger partial charge < -0.3 is 0 Å². The molecule has 2 aromatic carbocycles. The summed E-state index contributed by atoms with van der Waals surface area (Å²) in [5.41, 5.74) is 5.01. The van der Waals surface area contributed by atoms with Crippen molar-refractivity contribution in [1.82, 2.24) is 0 Å². The summed E-state index contributed by atoms with van der Waals surface area (Å²) in [6.07, 6.45) is 8.86. The fraction of sp³-hybridized carbons (Fsp3) is 0.222. The van der Waals surface area contributed by atoms with Crippen LogP contribution in [-0.4, -0.2) is 4.92 Å². The van der Waals surface area contributed by atoms with Gasteiger partial charge in [-0.3, -0.25) is 10.1 Å². The van der Waals surface area contributed by atoms with Gasteiger partial charge >= 0.3 is 0 Å². The van der Waals surface area contributed by atoms with Gasteiger partial charge in [-0.25, -0.2) is 0 Å². The number of benzene rings is 2. The van der Waals surface area contributed by atoms with Crippen molar-refractivity contribution in [2.75, 3.05) is 0 Å². The summed E-state index contributed by atoms with van der Waals surface area (Å²) in [5, 5.41) is 13.6. The zero-order valence-electron chi connectivity index (χ0n) is 11.6. The molecule has 0 heterocycles. The van der Waals surface area contributed by atoms with Gasteiger partial charge in [0.25, 0.3) is 5.69 Å². The van der Waals surface area contributed by atoms with Crippen molar-refractivity contribution in [2.45, 2.75) is 25.7 Å². The van der Waals surface area contributed by atoms with E-state index in [-0.39, 0.29) is 10.6 Å². The molecule has 0 saturated carbocycles. The predicted molar refractivity (Wildman–Crippen MR) is 83.4 cm³/mol. The van der Waals surface area contributed by atoms with Crippen LogP contribution < -0.4 is 10.4 Å². The zero-order valence-corrected chi connectivity index (χ0v) is 11.6. The van der Waals surface area contributed by atoms with Crippen LogP contribution in [0.1, 0.15) is 24.0 Å². The van der Waals surface area contributed by atoms with Crippen molar-refractivity contribution in [1.29, 1.82) is 0 Å². The molecule has 3 nitrogen and oxygen atoms in total. The van der Waals surface area contributed by atoms with Crippen molar-refractivity contribution >= 4 is 17.8 Å². The van der Waals surface area contributed by atoms with Crippen LogP contribution in [0.3, 0.4) is 0 Å². The first-order chi connectivity index (χ1) is 10.2. The predicted octanol–water partition coefficient (Wildman–Crippen LogP) is 2.72. The van der Waals surface area contributed by atoms with Crippen LogP contribution in [0, 0.1) is 10.1 Å². The highest BCUT2D eigenvalue weighted by Gasteiger charge is 2.17. The molecule has 0 radical (unpaired) electrons. The van der Waals surface area contributed by atoms with Gasteiger partial charge in [-0.05, 0) is 64.4 Å². The number of fused-ring (bicyclic) bond motifs is 5. The summed E-state index contributed by atoms with van der Waals surface area (Å²) < 4.78 is 0. The van der Waals surface area contributed by atoms with Crippen LogP contribution in [-0.2, 0) is 12.8 Å². The third-order valence-electron chi connectivity index (χ3n) is 4.49. The highest BCUT2D eigenvalue weighted by molar-refractivity contribution is 5.75. The summed E-state index contributed by atoms with van der Waals surface area (Å²) in [4.78, 5) is 10.6. The minimum atomic E-state index is -0.323. The summed E-state index contributed by atoms with van der Waals surface area (Å²) in [6, 6.07) is 9.60. The molecule has 104 valence electrons. The highest BCUT2D eigenvalue weighted by atomic mass is 16.6. The fourth-order valence-corrected chi connectivity index (χ4v) is 3.47. The number of aryl methyl sites for hydroxylation is 1. The van der Waals surface area contributed by atoms with E-state index in [1.54, 1.807) is 12.1 Å². The molecule has 0 bridgehead atoms. The maximum absolute atomic E-state index is 10.9. The van der Waals surface area contributed by atoms with Crippen LogP contribution in [0.5, 0.6) is 0 Å². The minimum absolute atomic E-state index is 0.176. The van der Waals surface area contributed by atoms with Gasteiger partial charge in [-0.2, -0.15) is 0 Å². The first-order valence-electron chi connectivity index (χ1n) is 7.34. The molecule has 2 aliphatic rings.